The monoisotopic (exact) mass is 1600 g/mol. The zero-order chi connectivity index (χ0) is 80.5. The Balaban J connectivity index is 0.000000133. The third-order valence-electron chi connectivity index (χ3n) is 20.5. The molecule has 0 unspecified atom stereocenters. The Morgan fingerprint density at radius 2 is 0.470 bits per heavy atom. The van der Waals surface area contributed by atoms with Gasteiger partial charge >= 0.3 is 0 Å². The van der Waals surface area contributed by atoms with Gasteiger partial charge in [0.25, 0.3) is 0 Å². The average molecular weight is 1600 g/mol. The van der Waals surface area contributed by atoms with Crippen molar-refractivity contribution < 1.29 is 5.11 Å². The summed E-state index contributed by atoms with van der Waals surface area (Å²) in [5, 5.41) is 9.48. The number of aromatic hydroxyl groups is 1. The lowest BCUT2D eigenvalue weighted by Crippen LogP contribution is -2.12. The Morgan fingerprint density at radius 1 is 0.226 bits per heavy atom. The molecule has 6 heteroatoms. The summed E-state index contributed by atoms with van der Waals surface area (Å²) in [6, 6.07) is 144. The van der Waals surface area contributed by atoms with E-state index in [1.54, 1.807) is 12.1 Å². The fraction of sp³-hybridized carbons (Fsp3) is 0.174. The van der Waals surface area contributed by atoms with Gasteiger partial charge in [0, 0.05) is 22.3 Å². The smallest absolute Gasteiger partial charge is 0.169 e. The van der Waals surface area contributed by atoms with E-state index in [-0.39, 0.29) is 65.3 Å². The average Bonchev–Trinajstić information content (AvgIpc) is 0.798. The van der Waals surface area contributed by atoms with Crippen molar-refractivity contribution in [1.82, 2.24) is 0 Å². The molecule has 0 atom stereocenters. The van der Waals surface area contributed by atoms with Crippen molar-refractivity contribution in [2.75, 3.05) is 0 Å². The molecule has 578 valence electrons. The van der Waals surface area contributed by atoms with Crippen molar-refractivity contribution in [2.45, 2.75) is 198 Å². The van der Waals surface area contributed by atoms with Crippen LogP contribution in [0.4, 0.5) is 0 Å². The van der Waals surface area contributed by atoms with E-state index in [1.807, 2.05) is 24.3 Å². The SMILES string of the molecule is CC(C)(C)c1ccc([S+](c2ccccc2)c2ccc(C(C)(C)C)cc2)cc1.Cc1ccc([S+](c2ccccc2)c2ccccc2)c(C)c1.Cc1ccccc1[S+](c1ccccc1C)c1ccccc1C.Oc1ccc([S+](c2ccccc2)c2ccccc2)cc1.c1ccc([S+](c2ccccc2)c2ccc(C3CCCCC3)cc2)cc1. The Labute approximate surface area is 702 Å². The Hall–Kier alpha value is -10.2. The molecule has 0 aromatic heterocycles. The number of phenols is 1. The van der Waals surface area contributed by atoms with Crippen molar-refractivity contribution >= 4 is 54.5 Å². The molecule has 1 N–H and O–H groups in total. The van der Waals surface area contributed by atoms with Crippen LogP contribution in [0, 0.1) is 34.6 Å². The van der Waals surface area contributed by atoms with Gasteiger partial charge < -0.3 is 5.11 Å². The minimum atomic E-state index is -0.134. The molecule has 1 fully saturated rings. The molecule has 0 bridgehead atoms. The van der Waals surface area contributed by atoms with Gasteiger partial charge in [0.15, 0.2) is 73.4 Å². The van der Waals surface area contributed by atoms with Gasteiger partial charge in [-0.2, -0.15) is 0 Å². The van der Waals surface area contributed by atoms with Crippen molar-refractivity contribution in [3.8, 4) is 5.75 Å². The Kier molecular flexibility index (Phi) is 30.3. The highest BCUT2D eigenvalue weighted by Crippen LogP contribution is 2.41. The molecule has 1 aliphatic carbocycles. The van der Waals surface area contributed by atoms with E-state index >= 15 is 0 Å². The third-order valence-corrected chi connectivity index (χ3v) is 32.3. The van der Waals surface area contributed by atoms with Crippen LogP contribution in [0.2, 0.25) is 0 Å². The van der Waals surface area contributed by atoms with Crippen molar-refractivity contribution in [1.29, 1.82) is 0 Å². The van der Waals surface area contributed by atoms with E-state index in [0.717, 1.165) is 5.92 Å². The van der Waals surface area contributed by atoms with Gasteiger partial charge in [0.2, 0.25) is 0 Å². The van der Waals surface area contributed by atoms with E-state index < -0.39 is 0 Å². The maximum absolute atomic E-state index is 9.48. The normalized spacial score (nSPS) is 12.2. The molecule has 1 nitrogen and oxygen atoms in total. The highest BCUT2D eigenvalue weighted by Gasteiger charge is 2.36. The topological polar surface area (TPSA) is 20.2 Å². The minimum Gasteiger partial charge on any atom is -0.508 e. The van der Waals surface area contributed by atoms with Crippen LogP contribution < -0.4 is 0 Å². The first-order valence-electron chi connectivity index (χ1n) is 40.3. The summed E-state index contributed by atoms with van der Waals surface area (Å²) >= 11 is 0. The lowest BCUT2D eigenvalue weighted by Gasteiger charge is -2.22. The van der Waals surface area contributed by atoms with Crippen LogP contribution in [0.15, 0.2) is 474 Å². The van der Waals surface area contributed by atoms with Gasteiger partial charge in [-0.05, 0) is 251 Å². The van der Waals surface area contributed by atoms with E-state index in [9.17, 15) is 5.11 Å². The van der Waals surface area contributed by atoms with E-state index in [4.69, 9.17) is 0 Å². The largest absolute Gasteiger partial charge is 0.508 e. The number of phenolic OH excluding ortho intramolecular Hbond substituents is 1. The summed E-state index contributed by atoms with van der Waals surface area (Å²) in [4.78, 5) is 20.5. The fourth-order valence-electron chi connectivity index (χ4n) is 14.3. The number of hydrogen-bond acceptors (Lipinski definition) is 1. The molecule has 1 saturated carbocycles. The van der Waals surface area contributed by atoms with E-state index in [1.165, 1.54) is 150 Å². The van der Waals surface area contributed by atoms with Gasteiger partial charge in [-0.15, -0.1) is 0 Å². The molecule has 0 radical (unpaired) electrons. The molecule has 0 amide bonds. The quantitative estimate of drug-likeness (QED) is 0.0956. The fourth-order valence-corrected chi connectivity index (χ4v) is 25.3. The summed E-state index contributed by atoms with van der Waals surface area (Å²) in [6.45, 7) is 24.6. The lowest BCUT2D eigenvalue weighted by atomic mass is 9.84. The minimum absolute atomic E-state index is 0.0278. The Morgan fingerprint density at radius 3 is 0.748 bits per heavy atom. The van der Waals surface area contributed by atoms with Crippen LogP contribution in [0.25, 0.3) is 0 Å². The second kappa shape index (κ2) is 41.4. The summed E-state index contributed by atoms with van der Waals surface area (Å²) < 4.78 is 0. The van der Waals surface area contributed by atoms with Crippen LogP contribution in [-0.4, -0.2) is 5.11 Å². The van der Waals surface area contributed by atoms with Gasteiger partial charge in [0.05, 0.1) is 43.6 Å². The molecule has 15 aromatic carbocycles. The zero-order valence-electron chi connectivity index (χ0n) is 68.7. The summed E-state index contributed by atoms with van der Waals surface area (Å²) in [5.41, 5.74) is 11.4. The van der Waals surface area contributed by atoms with Crippen LogP contribution in [0.5, 0.6) is 5.75 Å². The Bertz CT molecular complexity index is 5110. The van der Waals surface area contributed by atoms with Crippen molar-refractivity contribution in [2.24, 2.45) is 0 Å². The summed E-state index contributed by atoms with van der Waals surface area (Å²) in [5.74, 6) is 1.08. The summed E-state index contributed by atoms with van der Waals surface area (Å²) in [6.07, 6.45) is 6.93. The van der Waals surface area contributed by atoms with Crippen molar-refractivity contribution in [3.05, 3.63) is 445 Å². The van der Waals surface area contributed by atoms with Crippen LogP contribution in [0.1, 0.15) is 124 Å². The molecule has 15 aromatic rings. The van der Waals surface area contributed by atoms with Gasteiger partial charge in [-0.3, -0.25) is 0 Å². The molecule has 16 rings (SSSR count). The number of aryl methyl sites for hydroxylation is 5. The highest BCUT2D eigenvalue weighted by molar-refractivity contribution is 7.98. The van der Waals surface area contributed by atoms with Crippen LogP contribution in [0.3, 0.4) is 0 Å². The van der Waals surface area contributed by atoms with E-state index in [2.05, 4.69) is 440 Å². The van der Waals surface area contributed by atoms with Crippen LogP contribution >= 0.6 is 0 Å². The molecular formula is C109H111OS5+5. The molecule has 0 saturated heterocycles. The predicted octanol–water partition coefficient (Wildman–Crippen LogP) is 29.8. The zero-order valence-corrected chi connectivity index (χ0v) is 72.8. The number of rotatable bonds is 16. The predicted molar refractivity (Wildman–Crippen MR) is 496 cm³/mol. The molecule has 0 spiro atoms. The second-order valence-corrected chi connectivity index (χ2v) is 41.2. The second-order valence-electron chi connectivity index (χ2n) is 31.2. The first-order valence-corrected chi connectivity index (χ1v) is 46.4. The maximum atomic E-state index is 9.48. The molecule has 0 heterocycles. The van der Waals surface area contributed by atoms with Crippen molar-refractivity contribution in [3.63, 3.8) is 0 Å². The third kappa shape index (κ3) is 23.1. The lowest BCUT2D eigenvalue weighted by molar-refractivity contribution is 0.443. The number of hydrogen-bond donors (Lipinski definition) is 1. The molecule has 1 aliphatic rings. The molecule has 0 aliphatic heterocycles. The van der Waals surface area contributed by atoms with Gasteiger partial charge in [-0.1, -0.05) is 297 Å². The van der Waals surface area contributed by atoms with Crippen LogP contribution in [-0.2, 0) is 65.3 Å². The number of benzene rings is 15. The van der Waals surface area contributed by atoms with E-state index in [0.29, 0.717) is 5.75 Å². The first-order chi connectivity index (χ1) is 55.9. The summed E-state index contributed by atoms with van der Waals surface area (Å²) in [7, 11) is -0.330. The highest BCUT2D eigenvalue weighted by atomic mass is 32.2. The van der Waals surface area contributed by atoms with Gasteiger partial charge in [0.1, 0.15) is 16.6 Å². The maximum Gasteiger partial charge on any atom is 0.169 e. The van der Waals surface area contributed by atoms with Gasteiger partial charge in [-0.25, -0.2) is 0 Å². The molecule has 115 heavy (non-hydrogen) atoms. The standard InChI is InChI=1S/C26H31S.C24H25S.C21H21S.C20H19S.C18H14OS/c1-25(2,3)20-12-16-23(17-13-20)27(22-10-8-7-9-11-22)24-18-14-21(15-19-24)26(4,5)6;1-4-10-20(11-5-1)21-16-18-24(19-17-21)25(22-12-6-2-7-13-22)23-14-8-3-9-15-23;1-16-10-4-7-13-19(16)22(20-14-8-5-11-17(20)2)21-15-9-6-12-18(21)3;1-16-13-14-20(17(2)15-16)21(18-9-5-3-6-10-18)19-11-7-4-8-12-19;19-15-11-13-18(14-12-15)20(16-7-3-1-4-8-16)17-9-5-2-6-10-17/h7-19H,1-6H3;2-3,6-9,12-20H,1,4-5,10-11H2;4-15H,1-3H3;3-15H,1-2H3;1-14H/q4*+1;/p+1. The molecular weight excluding hydrogens is 1490 g/mol. The first kappa shape index (κ1) is 84.3.